The van der Waals surface area contributed by atoms with Crippen LogP contribution in [0.2, 0.25) is 0 Å². The van der Waals surface area contributed by atoms with Crippen LogP contribution in [0.1, 0.15) is 75.1 Å². The first-order valence-electron chi connectivity index (χ1n) is 22.1. The van der Waals surface area contributed by atoms with E-state index in [1.807, 2.05) is 71.9 Å². The summed E-state index contributed by atoms with van der Waals surface area (Å²) < 4.78 is 161. The number of alkyl halides is 10. The third-order valence-electron chi connectivity index (χ3n) is 11.8. The predicted molar refractivity (Wildman–Crippen MR) is 254 cm³/mol. The lowest BCUT2D eigenvalue weighted by atomic mass is 9.85. The molecule has 0 radical (unpaired) electrons. The standard InChI is InChI=1S/C54H49BF10N2O3/c1-49(2,3)38-26-22-35(23-27-38)42-31-44(37-24-28-39(29-25-37)50(4,5)6)67(55(69-32-51(56,57)53(60,61)62)70-33-52(58,59)54(63,64)65)48(42)46(40-20-14-15-21-45(40)68-7)47-41(34-16-10-8-11-17-34)30-43(66-47)36-18-12-9-13-19-36/h8-31H,32-33H2,1-7H3/b47-46-. The third kappa shape index (κ3) is 10.8. The molecule has 6 aromatic rings. The smallest absolute Gasteiger partial charge is 0.496 e. The number of para-hydroxylation sites is 1. The van der Waals surface area contributed by atoms with Gasteiger partial charge in [0.2, 0.25) is 0 Å². The van der Waals surface area contributed by atoms with Crippen molar-refractivity contribution in [3.8, 4) is 28.1 Å². The monoisotopic (exact) mass is 974 g/mol. The van der Waals surface area contributed by atoms with E-state index in [9.17, 15) is 26.3 Å². The number of allylic oxidation sites excluding steroid dienone is 2. The number of ether oxygens (including phenoxy) is 1. The van der Waals surface area contributed by atoms with Crippen LogP contribution in [0.25, 0.3) is 33.5 Å². The number of benzene rings is 5. The molecule has 0 N–H and O–H groups in total. The van der Waals surface area contributed by atoms with Crippen LogP contribution >= 0.6 is 0 Å². The summed E-state index contributed by atoms with van der Waals surface area (Å²) in [6.07, 6.45) is -10.7. The van der Waals surface area contributed by atoms with Crippen molar-refractivity contribution in [3.05, 3.63) is 185 Å². The number of hydrogen-bond acceptors (Lipinski definition) is 4. The summed E-state index contributed by atoms with van der Waals surface area (Å²) in [6, 6.07) is 39.9. The van der Waals surface area contributed by atoms with Crippen molar-refractivity contribution in [1.82, 2.24) is 4.48 Å². The lowest BCUT2D eigenvalue weighted by Gasteiger charge is -2.28. The van der Waals surface area contributed by atoms with Gasteiger partial charge in [-0.1, -0.05) is 169 Å². The van der Waals surface area contributed by atoms with E-state index in [4.69, 9.17) is 19.0 Å². The maximum atomic E-state index is 15.1. The van der Waals surface area contributed by atoms with Crippen LogP contribution in [0.4, 0.5) is 43.9 Å². The number of halogens is 10. The molecule has 0 spiro atoms. The highest BCUT2D eigenvalue weighted by atomic mass is 19.4. The van der Waals surface area contributed by atoms with Gasteiger partial charge in [-0.25, -0.2) is 4.99 Å². The van der Waals surface area contributed by atoms with Crippen molar-refractivity contribution in [3.63, 3.8) is 0 Å². The molecule has 5 aromatic carbocycles. The molecule has 2 heterocycles. The largest absolute Gasteiger partial charge is 0.598 e. The van der Waals surface area contributed by atoms with Crippen molar-refractivity contribution in [2.45, 2.75) is 76.6 Å². The summed E-state index contributed by atoms with van der Waals surface area (Å²) in [5.74, 6) is -11.1. The van der Waals surface area contributed by atoms with Gasteiger partial charge in [0.15, 0.2) is 0 Å². The predicted octanol–water partition coefficient (Wildman–Crippen LogP) is 15.0. The molecular weight excluding hydrogens is 925 g/mol. The molecular formula is C54H49BF10N2O3. The Morgan fingerprint density at radius 1 is 0.543 bits per heavy atom. The molecule has 0 atom stereocenters. The summed E-state index contributed by atoms with van der Waals surface area (Å²) in [5, 5.41) is 0. The SMILES string of the molecule is COc1ccccc1/C(=C1/N=C(c2ccccc2)C=C1c1ccccc1)c1c(-c2ccc(C(C)(C)C)cc2)cc(-c2ccc(C(C)(C)C)cc2)n1B(OCC(F)(F)C(F)(F)F)OCC(F)(F)C(F)(F)F. The minimum absolute atomic E-state index is 0.0792. The van der Waals surface area contributed by atoms with Gasteiger partial charge in [-0.3, -0.25) is 0 Å². The van der Waals surface area contributed by atoms with Crippen LogP contribution in [0.5, 0.6) is 5.75 Å². The number of hydrogen-bond donors (Lipinski definition) is 0. The fraction of sp³-hybridized carbons (Fsp3) is 0.278. The molecule has 0 saturated heterocycles. The maximum absolute atomic E-state index is 15.1. The zero-order chi connectivity index (χ0) is 51.0. The van der Waals surface area contributed by atoms with Gasteiger partial charge >= 0.3 is 31.5 Å². The minimum Gasteiger partial charge on any atom is -0.496 e. The van der Waals surface area contributed by atoms with Gasteiger partial charge in [-0.2, -0.15) is 43.9 Å². The Hall–Kier alpha value is -6.39. The fourth-order valence-corrected chi connectivity index (χ4v) is 7.87. The summed E-state index contributed by atoms with van der Waals surface area (Å²) in [4.78, 5) is 5.20. The van der Waals surface area contributed by atoms with Crippen LogP contribution in [-0.2, 0) is 20.1 Å². The molecule has 1 aromatic heterocycles. The van der Waals surface area contributed by atoms with Crippen molar-refractivity contribution in [2.24, 2.45) is 4.99 Å². The molecule has 5 nitrogen and oxygen atoms in total. The molecule has 0 aliphatic carbocycles. The summed E-state index contributed by atoms with van der Waals surface area (Å²) in [5.41, 5.74) is 4.28. The molecule has 366 valence electrons. The van der Waals surface area contributed by atoms with Crippen molar-refractivity contribution >= 4 is 24.1 Å². The second-order valence-corrected chi connectivity index (χ2v) is 18.9. The van der Waals surface area contributed by atoms with Gasteiger partial charge in [0.05, 0.1) is 24.2 Å². The topological polar surface area (TPSA) is 45.0 Å². The highest BCUT2D eigenvalue weighted by molar-refractivity contribution is 6.44. The fourth-order valence-electron chi connectivity index (χ4n) is 7.87. The highest BCUT2D eigenvalue weighted by Crippen LogP contribution is 2.48. The van der Waals surface area contributed by atoms with Gasteiger partial charge < -0.3 is 18.5 Å². The average molecular weight is 975 g/mol. The van der Waals surface area contributed by atoms with Crippen molar-refractivity contribution in [2.75, 3.05) is 20.3 Å². The number of aromatic nitrogens is 1. The van der Waals surface area contributed by atoms with E-state index in [1.165, 1.54) is 13.2 Å². The van der Waals surface area contributed by atoms with E-state index in [0.29, 0.717) is 28.0 Å². The third-order valence-corrected chi connectivity index (χ3v) is 11.8. The Kier molecular flexibility index (Phi) is 14.3. The molecule has 7 rings (SSSR count). The molecule has 0 amide bonds. The van der Waals surface area contributed by atoms with Crippen molar-refractivity contribution in [1.29, 1.82) is 0 Å². The zero-order valence-corrected chi connectivity index (χ0v) is 39.2. The first-order chi connectivity index (χ1) is 32.7. The second-order valence-electron chi connectivity index (χ2n) is 18.9. The molecule has 1 aliphatic rings. The number of rotatable bonds is 14. The summed E-state index contributed by atoms with van der Waals surface area (Å²) >= 11 is 0. The Labute approximate surface area is 400 Å². The lowest BCUT2D eigenvalue weighted by Crippen LogP contribution is -2.48. The van der Waals surface area contributed by atoms with E-state index in [-0.39, 0.29) is 50.5 Å². The van der Waals surface area contributed by atoms with Crippen LogP contribution < -0.4 is 4.74 Å². The van der Waals surface area contributed by atoms with E-state index in [0.717, 1.165) is 15.6 Å². The van der Waals surface area contributed by atoms with Crippen LogP contribution in [0, 0.1) is 0 Å². The molecule has 70 heavy (non-hydrogen) atoms. The second kappa shape index (κ2) is 19.4. The normalized spacial score (nSPS) is 14.6. The Morgan fingerprint density at radius 2 is 1.00 bits per heavy atom. The van der Waals surface area contributed by atoms with Gasteiger partial charge in [0.1, 0.15) is 19.0 Å². The van der Waals surface area contributed by atoms with Crippen LogP contribution in [0.15, 0.2) is 156 Å². The quantitative estimate of drug-likeness (QED) is 0.0807. The Bertz CT molecular complexity index is 2860. The van der Waals surface area contributed by atoms with Gasteiger partial charge in [0.25, 0.3) is 0 Å². The Morgan fingerprint density at radius 3 is 1.47 bits per heavy atom. The van der Waals surface area contributed by atoms with Crippen LogP contribution in [0.3, 0.4) is 0 Å². The average Bonchev–Trinajstić information content (AvgIpc) is 3.92. The molecule has 16 heteroatoms. The maximum Gasteiger partial charge on any atom is 0.598 e. The van der Waals surface area contributed by atoms with E-state index >= 15 is 17.6 Å². The number of aliphatic imine (C=N–C) groups is 1. The molecule has 1 aliphatic heterocycles. The van der Waals surface area contributed by atoms with Gasteiger partial charge in [-0.15, -0.1) is 0 Å². The van der Waals surface area contributed by atoms with Crippen molar-refractivity contribution < 1.29 is 57.9 Å². The first kappa shape index (κ1) is 51.5. The first-order valence-corrected chi connectivity index (χ1v) is 22.1. The summed E-state index contributed by atoms with van der Waals surface area (Å²) in [6.45, 7) is 6.70. The highest BCUT2D eigenvalue weighted by Gasteiger charge is 2.60. The van der Waals surface area contributed by atoms with Gasteiger partial charge in [0, 0.05) is 33.5 Å². The number of nitrogens with zero attached hydrogens (tertiary/aromatic N) is 2. The molecule has 0 unspecified atom stereocenters. The Balaban J connectivity index is 1.70. The van der Waals surface area contributed by atoms with Gasteiger partial charge in [-0.05, 0) is 56.9 Å². The summed E-state index contributed by atoms with van der Waals surface area (Å²) in [7, 11) is -1.45. The zero-order valence-electron chi connectivity index (χ0n) is 39.2. The van der Waals surface area contributed by atoms with E-state index in [1.54, 1.807) is 109 Å². The molecule has 0 bridgehead atoms. The molecule has 0 saturated carbocycles. The molecule has 0 fully saturated rings. The van der Waals surface area contributed by atoms with E-state index < -0.39 is 50.1 Å². The minimum atomic E-state index is -6.23. The van der Waals surface area contributed by atoms with Crippen LogP contribution in [-0.4, -0.2) is 62.0 Å². The van der Waals surface area contributed by atoms with E-state index in [2.05, 4.69) is 0 Å². The lowest BCUT2D eigenvalue weighted by molar-refractivity contribution is -0.295. The number of methoxy groups -OCH3 is 1.